The summed E-state index contributed by atoms with van der Waals surface area (Å²) in [6.45, 7) is 2.31. The summed E-state index contributed by atoms with van der Waals surface area (Å²) >= 11 is 6.17. The second-order valence-electron chi connectivity index (χ2n) is 6.36. The Labute approximate surface area is 151 Å². The minimum absolute atomic E-state index is 0.0308. The zero-order valence-electron chi connectivity index (χ0n) is 14.0. The number of anilines is 1. The predicted molar refractivity (Wildman–Crippen MR) is 96.6 cm³/mol. The number of carbonyl (C=O) groups is 1. The van der Waals surface area contributed by atoms with E-state index in [1.165, 1.54) is 6.92 Å². The summed E-state index contributed by atoms with van der Waals surface area (Å²) < 4.78 is 11.3. The van der Waals surface area contributed by atoms with E-state index in [0.717, 1.165) is 29.3 Å². The maximum Gasteiger partial charge on any atom is 0.217 e. The first-order valence-electron chi connectivity index (χ1n) is 8.21. The topological polar surface area (TPSA) is 50.8 Å². The van der Waals surface area contributed by atoms with Gasteiger partial charge in [0.15, 0.2) is 0 Å². The molecular formula is C19H19ClN2O3. The molecule has 1 fully saturated rings. The molecule has 2 heterocycles. The number of carbonyl (C=O) groups excluding carboxylic acids is 1. The van der Waals surface area contributed by atoms with Crippen LogP contribution in [0.5, 0.6) is 11.5 Å². The van der Waals surface area contributed by atoms with E-state index in [2.05, 4.69) is 10.2 Å². The number of methoxy groups -OCH3 is 1. The summed E-state index contributed by atoms with van der Waals surface area (Å²) in [6, 6.07) is 13.3. The summed E-state index contributed by atoms with van der Waals surface area (Å²) in [5, 5.41) is 3.71. The SMILES string of the molecule is COc1ccc(N2C[C@H]3Oc4ccc(Cl)cc4[C@@H](NC(C)=O)[C@H]32)cc1. The fourth-order valence-electron chi connectivity index (χ4n) is 3.64. The third-order valence-electron chi connectivity index (χ3n) is 4.81. The molecule has 0 saturated carbocycles. The van der Waals surface area contributed by atoms with Crippen LogP contribution in [0.2, 0.25) is 5.02 Å². The zero-order chi connectivity index (χ0) is 17.6. The van der Waals surface area contributed by atoms with Gasteiger partial charge in [-0.2, -0.15) is 0 Å². The normalized spacial score (nSPS) is 23.6. The predicted octanol–water partition coefficient (Wildman–Crippen LogP) is 3.18. The number of rotatable bonds is 3. The fraction of sp³-hybridized carbons (Fsp3) is 0.316. The highest BCUT2D eigenvalue weighted by Gasteiger charge is 2.50. The standard InChI is InChI=1S/C19H19ClN2O3/c1-11(23)21-18-15-9-12(20)3-8-16(15)25-17-10-22(19(17)18)13-4-6-14(24-2)7-5-13/h3-9,17-19H,10H2,1-2H3,(H,21,23)/t17-,18-,19+/m1/s1. The van der Waals surface area contributed by atoms with Gasteiger partial charge in [-0.05, 0) is 42.5 Å². The minimum atomic E-state index is -0.166. The van der Waals surface area contributed by atoms with E-state index >= 15 is 0 Å². The molecule has 1 saturated heterocycles. The van der Waals surface area contributed by atoms with Crippen LogP contribution in [-0.4, -0.2) is 31.7 Å². The Morgan fingerprint density at radius 1 is 1.28 bits per heavy atom. The molecule has 130 valence electrons. The maximum atomic E-state index is 11.8. The Bertz CT molecular complexity index is 809. The average molecular weight is 359 g/mol. The van der Waals surface area contributed by atoms with E-state index < -0.39 is 0 Å². The molecule has 6 heteroatoms. The highest BCUT2D eigenvalue weighted by molar-refractivity contribution is 6.30. The van der Waals surface area contributed by atoms with Crippen molar-refractivity contribution in [3.63, 3.8) is 0 Å². The first-order valence-corrected chi connectivity index (χ1v) is 8.58. The number of fused-ring (bicyclic) bond motifs is 2. The highest BCUT2D eigenvalue weighted by Crippen LogP contribution is 2.44. The van der Waals surface area contributed by atoms with Crippen LogP contribution in [0, 0.1) is 0 Å². The molecule has 2 aromatic carbocycles. The molecule has 2 aliphatic heterocycles. The van der Waals surface area contributed by atoms with Crippen LogP contribution in [0.1, 0.15) is 18.5 Å². The number of hydrogen-bond donors (Lipinski definition) is 1. The molecule has 2 aromatic rings. The van der Waals surface area contributed by atoms with Crippen molar-refractivity contribution in [1.29, 1.82) is 0 Å². The summed E-state index contributed by atoms with van der Waals surface area (Å²) in [7, 11) is 1.65. The molecule has 0 spiro atoms. The first kappa shape index (κ1) is 16.1. The number of amides is 1. The van der Waals surface area contributed by atoms with E-state index in [0.29, 0.717) is 5.02 Å². The molecule has 0 aromatic heterocycles. The largest absolute Gasteiger partial charge is 0.497 e. The van der Waals surface area contributed by atoms with Gasteiger partial charge in [-0.15, -0.1) is 0 Å². The lowest BCUT2D eigenvalue weighted by atomic mass is 9.83. The van der Waals surface area contributed by atoms with E-state index in [1.54, 1.807) is 7.11 Å². The lowest BCUT2D eigenvalue weighted by Gasteiger charge is -2.55. The number of ether oxygens (including phenoxy) is 2. The Hall–Kier alpha value is -2.40. The van der Waals surface area contributed by atoms with Crippen LogP contribution >= 0.6 is 11.6 Å². The van der Waals surface area contributed by atoms with Crippen molar-refractivity contribution in [3.8, 4) is 11.5 Å². The number of halogens is 1. The minimum Gasteiger partial charge on any atom is -0.497 e. The van der Waals surface area contributed by atoms with Crippen LogP contribution in [0.3, 0.4) is 0 Å². The van der Waals surface area contributed by atoms with E-state index in [1.807, 2.05) is 42.5 Å². The molecule has 0 bridgehead atoms. The Morgan fingerprint density at radius 2 is 2.04 bits per heavy atom. The van der Waals surface area contributed by atoms with E-state index in [4.69, 9.17) is 21.1 Å². The van der Waals surface area contributed by atoms with Crippen molar-refractivity contribution in [1.82, 2.24) is 5.32 Å². The molecule has 1 amide bonds. The number of nitrogens with zero attached hydrogens (tertiary/aromatic N) is 1. The van der Waals surface area contributed by atoms with Crippen molar-refractivity contribution < 1.29 is 14.3 Å². The Morgan fingerprint density at radius 3 is 2.72 bits per heavy atom. The number of nitrogens with one attached hydrogen (secondary N) is 1. The van der Waals surface area contributed by atoms with Gasteiger partial charge in [0.1, 0.15) is 17.6 Å². The molecule has 2 aliphatic rings. The highest BCUT2D eigenvalue weighted by atomic mass is 35.5. The Kier molecular flexibility index (Phi) is 3.96. The van der Waals surface area contributed by atoms with Gasteiger partial charge >= 0.3 is 0 Å². The van der Waals surface area contributed by atoms with Crippen molar-refractivity contribution in [3.05, 3.63) is 53.1 Å². The molecule has 5 nitrogen and oxygen atoms in total. The van der Waals surface area contributed by atoms with Crippen LogP contribution in [0.4, 0.5) is 5.69 Å². The second-order valence-corrected chi connectivity index (χ2v) is 6.79. The quantitative estimate of drug-likeness (QED) is 0.915. The third kappa shape index (κ3) is 2.78. The summed E-state index contributed by atoms with van der Waals surface area (Å²) in [6.07, 6.45) is 0.0348. The van der Waals surface area contributed by atoms with Crippen LogP contribution in [0.15, 0.2) is 42.5 Å². The van der Waals surface area contributed by atoms with Crippen molar-refractivity contribution >= 4 is 23.2 Å². The second kappa shape index (κ2) is 6.15. The van der Waals surface area contributed by atoms with E-state index in [-0.39, 0.29) is 24.1 Å². The summed E-state index contributed by atoms with van der Waals surface area (Å²) in [4.78, 5) is 14.0. The molecule has 0 unspecified atom stereocenters. The van der Waals surface area contributed by atoms with Gasteiger partial charge in [0.2, 0.25) is 5.91 Å². The summed E-state index contributed by atoms with van der Waals surface area (Å²) in [5.41, 5.74) is 1.99. The zero-order valence-corrected chi connectivity index (χ0v) is 14.8. The number of hydrogen-bond acceptors (Lipinski definition) is 4. The smallest absolute Gasteiger partial charge is 0.217 e. The molecular weight excluding hydrogens is 340 g/mol. The van der Waals surface area contributed by atoms with Gasteiger partial charge in [0, 0.05) is 23.2 Å². The fourth-order valence-corrected chi connectivity index (χ4v) is 3.82. The monoisotopic (exact) mass is 358 g/mol. The molecule has 1 N–H and O–H groups in total. The van der Waals surface area contributed by atoms with Crippen molar-refractivity contribution in [2.24, 2.45) is 0 Å². The summed E-state index contributed by atoms with van der Waals surface area (Å²) in [5.74, 6) is 1.54. The lowest BCUT2D eigenvalue weighted by molar-refractivity contribution is -0.120. The van der Waals surface area contributed by atoms with E-state index in [9.17, 15) is 4.79 Å². The van der Waals surface area contributed by atoms with Gasteiger partial charge in [-0.25, -0.2) is 0 Å². The van der Waals surface area contributed by atoms with Gasteiger partial charge in [0.05, 0.1) is 25.7 Å². The molecule has 4 rings (SSSR count). The Balaban J connectivity index is 1.68. The van der Waals surface area contributed by atoms with Gasteiger partial charge < -0.3 is 19.7 Å². The molecule has 3 atom stereocenters. The van der Waals surface area contributed by atoms with Gasteiger partial charge in [0.25, 0.3) is 0 Å². The maximum absolute atomic E-state index is 11.8. The first-order chi connectivity index (χ1) is 12.1. The molecule has 0 aliphatic carbocycles. The van der Waals surface area contributed by atoms with Gasteiger partial charge in [-0.3, -0.25) is 4.79 Å². The average Bonchev–Trinajstić information content (AvgIpc) is 2.57. The van der Waals surface area contributed by atoms with Crippen LogP contribution < -0.4 is 19.7 Å². The third-order valence-corrected chi connectivity index (χ3v) is 5.04. The van der Waals surface area contributed by atoms with Crippen molar-refractivity contribution in [2.45, 2.75) is 25.1 Å². The molecule has 25 heavy (non-hydrogen) atoms. The lowest BCUT2D eigenvalue weighted by Crippen LogP contribution is -2.69. The van der Waals surface area contributed by atoms with Crippen molar-refractivity contribution in [2.75, 3.05) is 18.6 Å². The molecule has 0 radical (unpaired) electrons. The van der Waals surface area contributed by atoms with Gasteiger partial charge in [-0.1, -0.05) is 11.6 Å². The van der Waals surface area contributed by atoms with Crippen LogP contribution in [0.25, 0.3) is 0 Å². The number of benzene rings is 2. The van der Waals surface area contributed by atoms with Crippen LogP contribution in [-0.2, 0) is 4.79 Å².